The molecule has 0 bridgehead atoms. The van der Waals surface area contributed by atoms with E-state index in [1.807, 2.05) is 36.4 Å². The quantitative estimate of drug-likeness (QED) is 0.166. The van der Waals surface area contributed by atoms with Gasteiger partial charge in [0.25, 0.3) is 0 Å². The van der Waals surface area contributed by atoms with E-state index in [9.17, 15) is 0 Å². The minimum atomic E-state index is 0.681. The average Bonchev–Trinajstić information content (AvgIpc) is 3.65. The summed E-state index contributed by atoms with van der Waals surface area (Å²) in [6, 6.07) is 72.3. The van der Waals surface area contributed by atoms with Crippen LogP contribution in [0.25, 0.3) is 100 Å². The number of rotatable bonds is 7. The highest BCUT2D eigenvalue weighted by Crippen LogP contribution is 2.40. The zero-order valence-electron chi connectivity index (χ0n) is 29.9. The van der Waals surface area contributed by atoms with Gasteiger partial charge in [0.2, 0.25) is 0 Å². The van der Waals surface area contributed by atoms with Crippen molar-refractivity contribution in [3.8, 4) is 78.4 Å². The van der Waals surface area contributed by atoms with Gasteiger partial charge in [-0.3, -0.25) is 0 Å². The van der Waals surface area contributed by atoms with E-state index in [0.29, 0.717) is 5.82 Å². The monoisotopic (exact) mass is 702 g/mol. The second-order valence-corrected chi connectivity index (χ2v) is 13.8. The first-order valence-electron chi connectivity index (χ1n) is 18.6. The maximum Gasteiger partial charge on any atom is 0.160 e. The summed E-state index contributed by atoms with van der Waals surface area (Å²) in [4.78, 5) is 10.4. The predicted octanol–water partition coefficient (Wildman–Crippen LogP) is 14.0. The average molecular weight is 703 g/mol. The van der Waals surface area contributed by atoms with Crippen molar-refractivity contribution in [3.05, 3.63) is 206 Å². The van der Waals surface area contributed by atoms with Gasteiger partial charge in [-0.2, -0.15) is 0 Å². The molecule has 0 unspecified atom stereocenters. The molecular weight excluding hydrogens is 669 g/mol. The Balaban J connectivity index is 1.17. The third kappa shape index (κ3) is 6.28. The number of fused-ring (bicyclic) bond motifs is 3. The Morgan fingerprint density at radius 2 is 0.764 bits per heavy atom. The Bertz CT molecular complexity index is 2950. The third-order valence-corrected chi connectivity index (χ3v) is 10.3. The molecule has 2 aromatic heterocycles. The highest BCUT2D eigenvalue weighted by Gasteiger charge is 2.16. The van der Waals surface area contributed by atoms with Gasteiger partial charge in [-0.1, -0.05) is 164 Å². The highest BCUT2D eigenvalue weighted by atomic mass is 16.3. The van der Waals surface area contributed by atoms with E-state index in [1.165, 1.54) is 16.7 Å². The molecule has 0 aliphatic rings. The normalized spacial score (nSPS) is 11.3. The van der Waals surface area contributed by atoms with Crippen LogP contribution in [-0.2, 0) is 0 Å². The first kappa shape index (κ1) is 32.3. The van der Waals surface area contributed by atoms with Crippen molar-refractivity contribution in [2.75, 3.05) is 0 Å². The van der Waals surface area contributed by atoms with Crippen LogP contribution in [0.5, 0.6) is 0 Å². The molecule has 0 fully saturated rings. The van der Waals surface area contributed by atoms with Crippen molar-refractivity contribution < 1.29 is 4.42 Å². The van der Waals surface area contributed by atoms with E-state index in [4.69, 9.17) is 14.4 Å². The molecule has 0 N–H and O–H groups in total. The number of hydrogen-bond donors (Lipinski definition) is 0. The van der Waals surface area contributed by atoms with Crippen molar-refractivity contribution in [2.45, 2.75) is 0 Å². The maximum atomic E-state index is 6.37. The van der Waals surface area contributed by atoms with Gasteiger partial charge < -0.3 is 4.42 Å². The zero-order chi connectivity index (χ0) is 36.6. The van der Waals surface area contributed by atoms with Crippen molar-refractivity contribution in [1.82, 2.24) is 9.97 Å². The molecule has 3 nitrogen and oxygen atoms in total. The number of para-hydroxylation sites is 1. The van der Waals surface area contributed by atoms with Gasteiger partial charge in [-0.25, -0.2) is 9.97 Å². The number of nitrogens with zero attached hydrogens (tertiary/aromatic N) is 2. The van der Waals surface area contributed by atoms with E-state index < -0.39 is 0 Å². The molecule has 0 spiro atoms. The maximum absolute atomic E-state index is 6.37. The first-order valence-corrected chi connectivity index (χ1v) is 18.6. The second-order valence-electron chi connectivity index (χ2n) is 13.8. The molecule has 0 radical (unpaired) electrons. The summed E-state index contributed by atoms with van der Waals surface area (Å²) in [6.07, 6.45) is 0. The van der Waals surface area contributed by atoms with Gasteiger partial charge in [0.1, 0.15) is 11.2 Å². The fourth-order valence-electron chi connectivity index (χ4n) is 7.53. The van der Waals surface area contributed by atoms with Crippen LogP contribution in [0, 0.1) is 0 Å². The van der Waals surface area contributed by atoms with E-state index in [0.717, 1.165) is 77.8 Å². The lowest BCUT2D eigenvalue weighted by Gasteiger charge is -2.15. The van der Waals surface area contributed by atoms with Gasteiger partial charge in [-0.05, 0) is 87.0 Å². The largest absolute Gasteiger partial charge is 0.456 e. The first-order chi connectivity index (χ1) is 27.2. The predicted molar refractivity (Wildman–Crippen MR) is 227 cm³/mol. The summed E-state index contributed by atoms with van der Waals surface area (Å²) in [7, 11) is 0. The molecule has 0 atom stereocenters. The molecular formula is C52H34N2O. The van der Waals surface area contributed by atoms with E-state index in [-0.39, 0.29) is 0 Å². The number of furan rings is 1. The lowest BCUT2D eigenvalue weighted by Crippen LogP contribution is -1.97. The fourth-order valence-corrected chi connectivity index (χ4v) is 7.53. The molecule has 0 aliphatic carbocycles. The summed E-state index contributed by atoms with van der Waals surface area (Å²) < 4.78 is 6.37. The van der Waals surface area contributed by atoms with Crippen molar-refractivity contribution in [1.29, 1.82) is 0 Å². The molecule has 10 aromatic rings. The Morgan fingerprint density at radius 1 is 0.273 bits per heavy atom. The van der Waals surface area contributed by atoms with Gasteiger partial charge in [-0.15, -0.1) is 0 Å². The van der Waals surface area contributed by atoms with Crippen LogP contribution in [0.4, 0.5) is 0 Å². The van der Waals surface area contributed by atoms with Crippen LogP contribution >= 0.6 is 0 Å². The van der Waals surface area contributed by atoms with E-state index in [1.54, 1.807) is 0 Å². The summed E-state index contributed by atoms with van der Waals surface area (Å²) in [5, 5.41) is 2.23. The Hall–Kier alpha value is -7.36. The summed E-state index contributed by atoms with van der Waals surface area (Å²) in [5.74, 6) is 0.681. The van der Waals surface area contributed by atoms with Crippen molar-refractivity contribution in [2.24, 2.45) is 0 Å². The van der Waals surface area contributed by atoms with Crippen LogP contribution in [0.3, 0.4) is 0 Å². The van der Waals surface area contributed by atoms with Gasteiger partial charge in [0, 0.05) is 27.5 Å². The molecule has 3 heteroatoms. The van der Waals surface area contributed by atoms with Crippen LogP contribution in [0.15, 0.2) is 211 Å². The molecule has 0 aliphatic heterocycles. The van der Waals surface area contributed by atoms with Crippen LogP contribution in [0.2, 0.25) is 0 Å². The smallest absolute Gasteiger partial charge is 0.160 e. The SMILES string of the molecule is c1ccc(-c2ccc(-c3cc(-c4cc(-c5ccc6c(c5)oc5ccccc56)cc(-c5ccccc5-c5ccccc5)c4)nc(-c4ccccc4)n3)cc2)cc1. The molecule has 10 rings (SSSR count). The number of hydrogen-bond acceptors (Lipinski definition) is 3. The van der Waals surface area contributed by atoms with Crippen LogP contribution < -0.4 is 0 Å². The highest BCUT2D eigenvalue weighted by molar-refractivity contribution is 6.06. The van der Waals surface area contributed by atoms with E-state index >= 15 is 0 Å². The minimum Gasteiger partial charge on any atom is -0.456 e. The minimum absolute atomic E-state index is 0.681. The zero-order valence-corrected chi connectivity index (χ0v) is 29.9. The molecule has 55 heavy (non-hydrogen) atoms. The van der Waals surface area contributed by atoms with Gasteiger partial charge >= 0.3 is 0 Å². The molecule has 0 saturated carbocycles. The van der Waals surface area contributed by atoms with Gasteiger partial charge in [0.05, 0.1) is 11.4 Å². The standard InChI is InChI=1S/C52H34N2O/c1-4-14-35(15-5-1)36-24-26-38(27-25-36)48-34-49(54-52(53-48)39-18-8-3-9-19-39)43-31-41(40-28-29-47-46-22-12-13-23-50(46)55-51(47)33-40)30-42(32-43)45-21-11-10-20-44(45)37-16-6-2-7-17-37/h1-34H. The Morgan fingerprint density at radius 3 is 1.49 bits per heavy atom. The van der Waals surface area contributed by atoms with Crippen LogP contribution in [0.1, 0.15) is 0 Å². The van der Waals surface area contributed by atoms with Crippen molar-refractivity contribution >= 4 is 21.9 Å². The molecule has 2 heterocycles. The lowest BCUT2D eigenvalue weighted by atomic mass is 9.90. The van der Waals surface area contributed by atoms with E-state index in [2.05, 4.69) is 170 Å². The number of benzene rings is 8. The topological polar surface area (TPSA) is 38.9 Å². The van der Waals surface area contributed by atoms with Crippen molar-refractivity contribution in [3.63, 3.8) is 0 Å². The summed E-state index contributed by atoms with van der Waals surface area (Å²) in [5.41, 5.74) is 15.6. The van der Waals surface area contributed by atoms with Crippen LogP contribution in [-0.4, -0.2) is 9.97 Å². The fraction of sp³-hybridized carbons (Fsp3) is 0. The van der Waals surface area contributed by atoms with Gasteiger partial charge in [0.15, 0.2) is 5.82 Å². The molecule has 0 saturated heterocycles. The lowest BCUT2D eigenvalue weighted by molar-refractivity contribution is 0.669. The molecule has 0 amide bonds. The number of aromatic nitrogens is 2. The Labute approximate surface area is 319 Å². The molecule has 8 aromatic carbocycles. The summed E-state index contributed by atoms with van der Waals surface area (Å²) in [6.45, 7) is 0. The Kier molecular flexibility index (Phi) is 8.16. The third-order valence-electron chi connectivity index (χ3n) is 10.3. The second kappa shape index (κ2) is 13.9. The summed E-state index contributed by atoms with van der Waals surface area (Å²) >= 11 is 0. The molecule has 258 valence electrons.